The van der Waals surface area contributed by atoms with Crippen LogP contribution < -0.4 is 4.74 Å². The quantitative estimate of drug-likeness (QED) is 0.0476. The number of hydrogen-bond donors (Lipinski definition) is 1. The molecule has 0 saturated heterocycles. The molecule has 3 aromatic rings. The van der Waals surface area contributed by atoms with Gasteiger partial charge in [-0.1, -0.05) is 128 Å². The number of fused-ring (bicyclic) bond motifs is 1. The molecule has 0 aliphatic heterocycles. The fraction of sp³-hybridized carbons (Fsp3) is 0.543. The average molecular weight is 719 g/mol. The molecule has 0 saturated carbocycles. The van der Waals surface area contributed by atoms with Gasteiger partial charge in [0.25, 0.3) is 5.69 Å². The van der Waals surface area contributed by atoms with Gasteiger partial charge in [0.2, 0.25) is 0 Å². The Hall–Kier alpha value is -3.05. The fourth-order valence-corrected chi connectivity index (χ4v) is 6.99. The summed E-state index contributed by atoms with van der Waals surface area (Å²) in [6.45, 7) is 2.70. The summed E-state index contributed by atoms with van der Waals surface area (Å²) in [5.74, 6) is 0.263. The van der Waals surface area contributed by atoms with Gasteiger partial charge in [-0.15, -0.1) is 10.2 Å². The van der Waals surface area contributed by atoms with Crippen molar-refractivity contribution in [2.75, 3.05) is 12.9 Å². The summed E-state index contributed by atoms with van der Waals surface area (Å²) < 4.78 is 31.0. The molecule has 1 N–H and O–H groups in total. The van der Waals surface area contributed by atoms with Crippen LogP contribution in [0.3, 0.4) is 0 Å². The van der Waals surface area contributed by atoms with Crippen LogP contribution >= 0.6 is 15.9 Å². The number of benzene rings is 3. The topological polar surface area (TPSA) is 131 Å². The third kappa shape index (κ3) is 12.0. The van der Waals surface area contributed by atoms with E-state index in [0.717, 1.165) is 31.6 Å². The van der Waals surface area contributed by atoms with Crippen molar-refractivity contribution in [1.82, 2.24) is 0 Å². The Balaban J connectivity index is 1.51. The summed E-state index contributed by atoms with van der Waals surface area (Å²) in [5, 5.41) is 31.8. The van der Waals surface area contributed by atoms with Crippen molar-refractivity contribution in [3.8, 4) is 11.5 Å². The Morgan fingerprint density at radius 3 is 1.85 bits per heavy atom. The SMILES string of the molecule is CCCCCCCCCCCCCCCCCCOc1cc(/N=N/c2c(Br)cc([N+](=O)[O-])cc2S(C)(=O)=O)c2ccccc2c1O. The summed E-state index contributed by atoms with van der Waals surface area (Å²) in [6, 6.07) is 10.8. The van der Waals surface area contributed by atoms with E-state index in [9.17, 15) is 23.6 Å². The first kappa shape index (κ1) is 37.4. The monoisotopic (exact) mass is 717 g/mol. The van der Waals surface area contributed by atoms with Gasteiger partial charge in [-0.3, -0.25) is 10.1 Å². The highest BCUT2D eigenvalue weighted by molar-refractivity contribution is 9.10. The van der Waals surface area contributed by atoms with Gasteiger partial charge in [0.05, 0.1) is 21.7 Å². The van der Waals surface area contributed by atoms with E-state index in [1.807, 2.05) is 0 Å². The predicted octanol–water partition coefficient (Wildman–Crippen LogP) is 11.7. The number of rotatable bonds is 22. The Morgan fingerprint density at radius 1 is 0.804 bits per heavy atom. The number of nitrogens with zero attached hydrogens (tertiary/aromatic N) is 3. The van der Waals surface area contributed by atoms with E-state index in [1.165, 1.54) is 89.5 Å². The Kier molecular flexibility index (Phi) is 15.9. The molecule has 11 heteroatoms. The molecule has 0 heterocycles. The molecular formula is C35H48BrN3O6S. The molecular weight excluding hydrogens is 670 g/mol. The molecule has 0 aliphatic carbocycles. The van der Waals surface area contributed by atoms with Crippen molar-refractivity contribution in [2.45, 2.75) is 115 Å². The van der Waals surface area contributed by atoms with E-state index in [0.29, 0.717) is 23.1 Å². The van der Waals surface area contributed by atoms with Gasteiger partial charge in [0, 0.05) is 35.2 Å². The van der Waals surface area contributed by atoms with Gasteiger partial charge in [-0.05, 0) is 22.4 Å². The summed E-state index contributed by atoms with van der Waals surface area (Å²) >= 11 is 3.21. The van der Waals surface area contributed by atoms with Gasteiger partial charge in [-0.2, -0.15) is 0 Å². The van der Waals surface area contributed by atoms with Crippen molar-refractivity contribution >= 4 is 53.6 Å². The fourth-order valence-electron chi connectivity index (χ4n) is 5.49. The number of unbranched alkanes of at least 4 members (excludes halogenated alkanes) is 15. The molecule has 0 aliphatic rings. The molecule has 0 bridgehead atoms. The molecule has 0 unspecified atom stereocenters. The number of nitro groups is 1. The van der Waals surface area contributed by atoms with Crippen molar-refractivity contribution in [3.63, 3.8) is 0 Å². The Bertz CT molecular complexity index is 1560. The summed E-state index contributed by atoms with van der Waals surface area (Å²) in [7, 11) is -3.86. The molecule has 252 valence electrons. The van der Waals surface area contributed by atoms with Gasteiger partial charge in [0.1, 0.15) is 10.6 Å². The van der Waals surface area contributed by atoms with E-state index in [4.69, 9.17) is 4.74 Å². The lowest BCUT2D eigenvalue weighted by Gasteiger charge is -2.12. The lowest BCUT2D eigenvalue weighted by molar-refractivity contribution is -0.385. The van der Waals surface area contributed by atoms with E-state index in [2.05, 4.69) is 33.1 Å². The van der Waals surface area contributed by atoms with Crippen molar-refractivity contribution in [1.29, 1.82) is 0 Å². The maximum Gasteiger partial charge on any atom is 0.272 e. The highest BCUT2D eigenvalue weighted by Gasteiger charge is 2.22. The van der Waals surface area contributed by atoms with Crippen molar-refractivity contribution < 1.29 is 23.2 Å². The second kappa shape index (κ2) is 19.6. The number of hydrogen-bond acceptors (Lipinski definition) is 8. The van der Waals surface area contributed by atoms with Crippen LogP contribution in [0.5, 0.6) is 11.5 Å². The summed E-state index contributed by atoms with van der Waals surface area (Å²) in [4.78, 5) is 10.3. The van der Waals surface area contributed by atoms with E-state index in [1.54, 1.807) is 30.3 Å². The second-order valence-electron chi connectivity index (χ2n) is 11.9. The number of phenols is 1. The summed E-state index contributed by atoms with van der Waals surface area (Å²) in [5.41, 5.74) is -0.0768. The molecule has 46 heavy (non-hydrogen) atoms. The Labute approximate surface area is 282 Å². The summed E-state index contributed by atoms with van der Waals surface area (Å²) in [6.07, 6.45) is 21.5. The average Bonchev–Trinajstić information content (AvgIpc) is 3.02. The molecule has 9 nitrogen and oxygen atoms in total. The number of ether oxygens (including phenoxy) is 1. The lowest BCUT2D eigenvalue weighted by Crippen LogP contribution is -2.00. The number of phenolic OH excluding ortho intramolecular Hbond substituents is 1. The van der Waals surface area contributed by atoms with Gasteiger partial charge in [-0.25, -0.2) is 8.42 Å². The van der Waals surface area contributed by atoms with Gasteiger partial charge >= 0.3 is 0 Å². The van der Waals surface area contributed by atoms with Crippen LogP contribution in [0.2, 0.25) is 0 Å². The second-order valence-corrected chi connectivity index (χ2v) is 14.8. The number of sulfone groups is 1. The Morgan fingerprint density at radius 2 is 1.33 bits per heavy atom. The number of halogens is 1. The molecule has 0 atom stereocenters. The third-order valence-electron chi connectivity index (χ3n) is 8.10. The van der Waals surface area contributed by atoms with Crippen LogP contribution in [0.25, 0.3) is 10.8 Å². The van der Waals surface area contributed by atoms with E-state index in [-0.39, 0.29) is 32.2 Å². The first-order chi connectivity index (χ1) is 22.1. The van der Waals surface area contributed by atoms with E-state index >= 15 is 0 Å². The molecule has 3 aromatic carbocycles. The molecule has 0 aromatic heterocycles. The molecule has 0 radical (unpaired) electrons. The molecule has 3 rings (SSSR count). The highest BCUT2D eigenvalue weighted by atomic mass is 79.9. The minimum atomic E-state index is -3.86. The zero-order valence-electron chi connectivity index (χ0n) is 27.2. The highest BCUT2D eigenvalue weighted by Crippen LogP contribution is 2.43. The molecule has 0 spiro atoms. The largest absolute Gasteiger partial charge is 0.504 e. The number of aromatic hydroxyl groups is 1. The number of azo groups is 1. The first-order valence-corrected chi connectivity index (χ1v) is 19.3. The van der Waals surface area contributed by atoms with Crippen LogP contribution in [-0.4, -0.2) is 31.3 Å². The van der Waals surface area contributed by atoms with Crippen LogP contribution in [0.1, 0.15) is 110 Å². The van der Waals surface area contributed by atoms with Crippen LogP contribution in [0, 0.1) is 10.1 Å². The van der Waals surface area contributed by atoms with Crippen LogP contribution in [0.4, 0.5) is 17.1 Å². The molecule has 0 fully saturated rings. The minimum absolute atomic E-state index is 0.000570. The maximum atomic E-state index is 12.4. The van der Waals surface area contributed by atoms with E-state index < -0.39 is 14.8 Å². The maximum absolute atomic E-state index is 12.4. The van der Waals surface area contributed by atoms with Crippen LogP contribution in [0.15, 0.2) is 62.1 Å². The minimum Gasteiger partial charge on any atom is -0.504 e. The van der Waals surface area contributed by atoms with Gasteiger partial charge in [0.15, 0.2) is 21.3 Å². The zero-order valence-corrected chi connectivity index (χ0v) is 29.6. The predicted molar refractivity (Wildman–Crippen MR) is 189 cm³/mol. The smallest absolute Gasteiger partial charge is 0.272 e. The van der Waals surface area contributed by atoms with Gasteiger partial charge < -0.3 is 9.84 Å². The third-order valence-corrected chi connectivity index (χ3v) is 9.81. The molecule has 0 amide bonds. The standard InChI is InChI=1S/C35H48BrN3O6S/c1-3-4-5-6-7-8-9-10-11-12-13-14-15-16-17-20-23-45-32-26-31(28-21-18-19-22-29(28)35(32)40)37-38-34-30(36)24-27(39(41)42)25-33(34)46(2,43)44/h18-19,21-22,24-26,40H,3-17,20,23H2,1-2H3/b38-37+. The normalized spacial score (nSPS) is 11.9. The number of nitro benzene ring substituents is 1. The first-order valence-electron chi connectivity index (χ1n) is 16.6. The zero-order chi connectivity index (χ0) is 33.4. The van der Waals surface area contributed by atoms with Crippen molar-refractivity contribution in [2.24, 2.45) is 10.2 Å². The van der Waals surface area contributed by atoms with Crippen LogP contribution in [-0.2, 0) is 9.84 Å². The number of non-ortho nitro benzene ring substituents is 1. The lowest BCUT2D eigenvalue weighted by atomic mass is 10.0. The van der Waals surface area contributed by atoms with Crippen molar-refractivity contribution in [3.05, 3.63) is 57.1 Å².